The topological polar surface area (TPSA) is 112 Å². The van der Waals surface area contributed by atoms with Crippen molar-refractivity contribution in [1.29, 1.82) is 0 Å². The van der Waals surface area contributed by atoms with Crippen LogP contribution in [0.25, 0.3) is 10.2 Å². The Morgan fingerprint density at radius 2 is 2.18 bits per heavy atom. The zero-order valence-electron chi connectivity index (χ0n) is 19.3. The minimum atomic E-state index is -0.330. The van der Waals surface area contributed by atoms with Gasteiger partial charge in [-0.3, -0.25) is 9.69 Å². The van der Waals surface area contributed by atoms with Gasteiger partial charge in [-0.25, -0.2) is 14.8 Å². The second-order valence-corrected chi connectivity index (χ2v) is 9.40. The third-order valence-electron chi connectivity index (χ3n) is 5.99. The number of aromatic amines is 1. The molecule has 1 aliphatic heterocycles. The van der Waals surface area contributed by atoms with Gasteiger partial charge in [0.1, 0.15) is 6.61 Å². The molecule has 2 unspecified atom stereocenters. The van der Waals surface area contributed by atoms with Crippen molar-refractivity contribution in [2.45, 2.75) is 38.8 Å². The number of esters is 1. The van der Waals surface area contributed by atoms with Crippen LogP contribution in [-0.2, 0) is 11.2 Å². The van der Waals surface area contributed by atoms with Crippen molar-refractivity contribution in [2.24, 2.45) is 0 Å². The summed E-state index contributed by atoms with van der Waals surface area (Å²) in [6, 6.07) is 5.51. The lowest BCUT2D eigenvalue weighted by molar-refractivity contribution is 0.0431. The quantitative estimate of drug-likeness (QED) is 0.384. The number of benzene rings is 1. The lowest BCUT2D eigenvalue weighted by Crippen LogP contribution is -2.59. The van der Waals surface area contributed by atoms with Crippen LogP contribution < -0.4 is 10.6 Å². The number of fused-ring (bicyclic) bond motifs is 1. The zero-order chi connectivity index (χ0) is 24.1. The Bertz CT molecular complexity index is 1150. The van der Waals surface area contributed by atoms with Gasteiger partial charge >= 0.3 is 5.97 Å². The molecule has 0 saturated carbocycles. The number of nitrogens with zero attached hydrogens (tertiary/aromatic N) is 3. The monoisotopic (exact) mass is 504 g/mol. The first-order chi connectivity index (χ1) is 16.5. The van der Waals surface area contributed by atoms with Crippen molar-refractivity contribution >= 4 is 45.0 Å². The van der Waals surface area contributed by atoms with E-state index in [4.69, 9.17) is 16.3 Å². The molecule has 34 heavy (non-hydrogen) atoms. The van der Waals surface area contributed by atoms with Gasteiger partial charge < -0.3 is 20.4 Å². The fourth-order valence-corrected chi connectivity index (χ4v) is 5.28. The van der Waals surface area contributed by atoms with Gasteiger partial charge in [-0.2, -0.15) is 0 Å². The van der Waals surface area contributed by atoms with E-state index < -0.39 is 0 Å². The molecule has 182 valence electrons. The van der Waals surface area contributed by atoms with Gasteiger partial charge in [0, 0.05) is 31.7 Å². The van der Waals surface area contributed by atoms with E-state index in [1.807, 2.05) is 26.0 Å². The lowest BCUT2D eigenvalue weighted by atomic mass is 9.99. The highest BCUT2D eigenvalue weighted by Crippen LogP contribution is 2.23. The van der Waals surface area contributed by atoms with Gasteiger partial charge in [0.15, 0.2) is 11.0 Å². The number of thiazole rings is 1. The van der Waals surface area contributed by atoms with Crippen LogP contribution in [0.5, 0.6) is 0 Å². The van der Waals surface area contributed by atoms with Crippen molar-refractivity contribution in [3.63, 3.8) is 0 Å². The standard InChI is InChI=1S/C23H29ClN6O3S/c1-3-15-20(24)29-21(27-15)22(31)28-16-8-9-30(12-18(16)25-4-2)10-11-33-23(32)14-6-5-7-17-19(14)34-13-26-17/h5-7,13,16,18,25H,3-4,8-12H2,1-2H3,(H,27,29)(H,28,31). The normalized spacial score (nSPS) is 18.8. The number of ether oxygens (including phenoxy) is 1. The van der Waals surface area contributed by atoms with Crippen molar-refractivity contribution < 1.29 is 14.3 Å². The van der Waals surface area contributed by atoms with E-state index in [0.717, 1.165) is 42.0 Å². The Labute approximate surface area is 207 Å². The number of carbonyl (C=O) groups excluding carboxylic acids is 2. The number of hydrogen-bond acceptors (Lipinski definition) is 8. The van der Waals surface area contributed by atoms with Gasteiger partial charge in [0.25, 0.3) is 5.91 Å². The van der Waals surface area contributed by atoms with Gasteiger partial charge in [-0.05, 0) is 31.5 Å². The third kappa shape index (κ3) is 5.57. The number of halogens is 1. The molecule has 3 N–H and O–H groups in total. The maximum atomic E-state index is 12.7. The van der Waals surface area contributed by atoms with E-state index >= 15 is 0 Å². The molecule has 2 atom stereocenters. The fraction of sp³-hybridized carbons (Fsp3) is 0.478. The summed E-state index contributed by atoms with van der Waals surface area (Å²) in [5.74, 6) is -0.347. The summed E-state index contributed by atoms with van der Waals surface area (Å²) >= 11 is 7.52. The van der Waals surface area contributed by atoms with E-state index in [-0.39, 0.29) is 29.8 Å². The lowest BCUT2D eigenvalue weighted by Gasteiger charge is -2.39. The van der Waals surface area contributed by atoms with Crippen LogP contribution in [0.15, 0.2) is 23.7 Å². The molecule has 0 spiro atoms. The number of piperidine rings is 1. The molecule has 2 aromatic heterocycles. The first-order valence-corrected chi connectivity index (χ1v) is 12.8. The summed E-state index contributed by atoms with van der Waals surface area (Å²) < 4.78 is 6.41. The van der Waals surface area contributed by atoms with Crippen LogP contribution in [0.3, 0.4) is 0 Å². The summed E-state index contributed by atoms with van der Waals surface area (Å²) in [4.78, 5) is 38.9. The molecule has 1 aromatic carbocycles. The van der Waals surface area contributed by atoms with Crippen LogP contribution in [-0.4, -0.2) is 76.6 Å². The number of hydrogen-bond donors (Lipinski definition) is 3. The molecule has 9 nitrogen and oxygen atoms in total. The highest BCUT2D eigenvalue weighted by molar-refractivity contribution is 7.17. The van der Waals surface area contributed by atoms with Gasteiger partial charge in [0.2, 0.25) is 0 Å². The molecule has 0 bridgehead atoms. The average molecular weight is 505 g/mol. The van der Waals surface area contributed by atoms with Crippen LogP contribution >= 0.6 is 22.9 Å². The molecule has 1 saturated heterocycles. The van der Waals surface area contributed by atoms with E-state index in [1.165, 1.54) is 11.3 Å². The van der Waals surface area contributed by atoms with Crippen LogP contribution in [0, 0.1) is 0 Å². The van der Waals surface area contributed by atoms with Crippen LogP contribution in [0.2, 0.25) is 5.15 Å². The number of imidazole rings is 1. The zero-order valence-corrected chi connectivity index (χ0v) is 20.8. The highest BCUT2D eigenvalue weighted by Gasteiger charge is 2.31. The van der Waals surface area contributed by atoms with Crippen molar-refractivity contribution in [3.05, 3.63) is 45.9 Å². The van der Waals surface area contributed by atoms with Crippen molar-refractivity contribution in [3.8, 4) is 0 Å². The summed E-state index contributed by atoms with van der Waals surface area (Å²) in [5, 5.41) is 6.90. The highest BCUT2D eigenvalue weighted by atomic mass is 35.5. The number of likely N-dealkylation sites (tertiary alicyclic amines) is 1. The Balaban J connectivity index is 1.29. The number of nitrogens with one attached hydrogen (secondary N) is 3. The summed E-state index contributed by atoms with van der Waals surface area (Å²) in [6.07, 6.45) is 1.45. The van der Waals surface area contributed by atoms with E-state index in [2.05, 4.69) is 30.5 Å². The molecular formula is C23H29ClN6O3S. The molecule has 3 heterocycles. The molecule has 1 aliphatic rings. The second-order valence-electron chi connectivity index (χ2n) is 8.18. The largest absolute Gasteiger partial charge is 0.461 e. The van der Waals surface area contributed by atoms with Crippen LogP contribution in [0.1, 0.15) is 46.9 Å². The maximum Gasteiger partial charge on any atom is 0.339 e. The SMILES string of the molecule is CCNC1CN(CCOC(=O)c2cccc3ncsc23)CCC1NC(=O)c1nc(Cl)c(CC)[nH]1. The van der Waals surface area contributed by atoms with Crippen molar-refractivity contribution in [1.82, 2.24) is 30.5 Å². The Hall–Kier alpha value is -2.53. The molecule has 0 radical (unpaired) electrons. The second kappa shape index (κ2) is 11.3. The number of aryl methyl sites for hydroxylation is 1. The fourth-order valence-electron chi connectivity index (χ4n) is 4.22. The van der Waals surface area contributed by atoms with Gasteiger partial charge in [-0.15, -0.1) is 11.3 Å². The molecule has 3 aromatic rings. The molecule has 1 amide bonds. The summed E-state index contributed by atoms with van der Waals surface area (Å²) in [5.41, 5.74) is 3.84. The van der Waals surface area contributed by atoms with E-state index in [9.17, 15) is 9.59 Å². The average Bonchev–Trinajstić information content (AvgIpc) is 3.46. The van der Waals surface area contributed by atoms with Gasteiger partial charge in [-0.1, -0.05) is 31.5 Å². The molecule has 0 aliphatic carbocycles. The number of likely N-dealkylation sites (N-methyl/N-ethyl adjacent to an activating group) is 1. The molecular weight excluding hydrogens is 476 g/mol. The maximum absolute atomic E-state index is 12.7. The first kappa shape index (κ1) is 24.6. The predicted octanol–water partition coefficient (Wildman–Crippen LogP) is 2.87. The first-order valence-electron chi connectivity index (χ1n) is 11.5. The van der Waals surface area contributed by atoms with Crippen LogP contribution in [0.4, 0.5) is 0 Å². The van der Waals surface area contributed by atoms with Gasteiger partial charge in [0.05, 0.1) is 27.0 Å². The molecule has 11 heteroatoms. The smallest absolute Gasteiger partial charge is 0.339 e. The third-order valence-corrected chi connectivity index (χ3v) is 7.18. The predicted molar refractivity (Wildman–Crippen MR) is 133 cm³/mol. The summed E-state index contributed by atoms with van der Waals surface area (Å²) in [6.45, 7) is 7.23. The minimum Gasteiger partial charge on any atom is -0.461 e. The Kier molecular flexibility index (Phi) is 8.15. The van der Waals surface area contributed by atoms with E-state index in [0.29, 0.717) is 30.3 Å². The number of rotatable bonds is 9. The van der Waals surface area contributed by atoms with Crippen molar-refractivity contribution in [2.75, 3.05) is 32.8 Å². The Morgan fingerprint density at radius 1 is 1.32 bits per heavy atom. The molecule has 1 fully saturated rings. The minimum absolute atomic E-state index is 0.0378. The number of H-pyrrole nitrogens is 1. The molecule has 4 rings (SSSR count). The number of aromatic nitrogens is 3. The number of carbonyl (C=O) groups is 2. The summed E-state index contributed by atoms with van der Waals surface area (Å²) in [7, 11) is 0. The Morgan fingerprint density at radius 3 is 2.94 bits per heavy atom. The number of amides is 1. The van der Waals surface area contributed by atoms with E-state index in [1.54, 1.807) is 11.6 Å².